The Kier molecular flexibility index (Phi) is 7.04. The van der Waals surface area contributed by atoms with E-state index in [1.165, 1.54) is 0 Å². The zero-order chi connectivity index (χ0) is 19.6. The molecule has 0 aliphatic carbocycles. The second kappa shape index (κ2) is 10.1. The van der Waals surface area contributed by atoms with Crippen LogP contribution in [0, 0.1) is 0 Å². The van der Waals surface area contributed by atoms with Crippen LogP contribution in [0.4, 0.5) is 0 Å². The number of benzene rings is 3. The van der Waals surface area contributed by atoms with Crippen LogP contribution in [0.3, 0.4) is 0 Å². The molecule has 28 heavy (non-hydrogen) atoms. The van der Waals surface area contributed by atoms with Crippen LogP contribution in [0.2, 0.25) is 0 Å². The Morgan fingerprint density at radius 3 is 1.75 bits per heavy atom. The van der Waals surface area contributed by atoms with Crippen molar-refractivity contribution in [1.82, 2.24) is 5.32 Å². The zero-order valence-electron chi connectivity index (χ0n) is 15.5. The molecule has 3 aromatic rings. The van der Waals surface area contributed by atoms with Crippen molar-refractivity contribution in [2.45, 2.75) is 13.2 Å². The van der Waals surface area contributed by atoms with Gasteiger partial charge in [-0.05, 0) is 23.3 Å². The lowest BCUT2D eigenvalue weighted by Gasteiger charge is -2.13. The summed E-state index contributed by atoms with van der Waals surface area (Å²) in [6, 6.07) is 24.7. The van der Waals surface area contributed by atoms with E-state index >= 15 is 0 Å². The smallest absolute Gasteiger partial charge is 0.251 e. The summed E-state index contributed by atoms with van der Waals surface area (Å²) >= 11 is 0. The van der Waals surface area contributed by atoms with Gasteiger partial charge in [0.25, 0.3) is 5.91 Å². The predicted octanol–water partition coefficient (Wildman–Crippen LogP) is 3.57. The van der Waals surface area contributed by atoms with Gasteiger partial charge in [-0.25, -0.2) is 0 Å². The topological polar surface area (TPSA) is 67.8 Å². The third kappa shape index (κ3) is 5.86. The molecule has 5 heteroatoms. The van der Waals surface area contributed by atoms with Crippen LogP contribution < -0.4 is 14.8 Å². The van der Waals surface area contributed by atoms with Crippen molar-refractivity contribution in [3.63, 3.8) is 0 Å². The first-order valence-electron chi connectivity index (χ1n) is 9.12. The molecule has 0 fully saturated rings. The first-order valence-corrected chi connectivity index (χ1v) is 9.12. The highest BCUT2D eigenvalue weighted by atomic mass is 16.5. The Labute approximate surface area is 164 Å². The minimum Gasteiger partial charge on any atom is -0.489 e. The molecule has 2 N–H and O–H groups in total. The van der Waals surface area contributed by atoms with E-state index in [1.807, 2.05) is 60.7 Å². The van der Waals surface area contributed by atoms with Crippen molar-refractivity contribution in [2.75, 3.05) is 13.2 Å². The van der Waals surface area contributed by atoms with Crippen molar-refractivity contribution in [3.05, 3.63) is 95.6 Å². The van der Waals surface area contributed by atoms with Gasteiger partial charge in [0.1, 0.15) is 24.7 Å². The molecule has 0 bridgehead atoms. The Balaban J connectivity index is 1.75. The highest BCUT2D eigenvalue weighted by Gasteiger charge is 2.11. The SMILES string of the molecule is O=C(NCCO)c1cc(OCc2ccccc2)cc(OCc2ccccc2)c1. The molecule has 0 aliphatic rings. The van der Waals surface area contributed by atoms with Crippen molar-refractivity contribution >= 4 is 5.91 Å². The van der Waals surface area contributed by atoms with Gasteiger partial charge >= 0.3 is 0 Å². The fourth-order valence-electron chi connectivity index (χ4n) is 2.62. The number of hydrogen-bond acceptors (Lipinski definition) is 4. The summed E-state index contributed by atoms with van der Waals surface area (Å²) in [4.78, 5) is 12.3. The van der Waals surface area contributed by atoms with E-state index in [0.29, 0.717) is 30.3 Å². The average molecular weight is 377 g/mol. The average Bonchev–Trinajstić information content (AvgIpc) is 2.76. The number of ether oxygens (including phenoxy) is 2. The Hall–Kier alpha value is -3.31. The lowest BCUT2D eigenvalue weighted by atomic mass is 10.1. The fourth-order valence-corrected chi connectivity index (χ4v) is 2.62. The maximum atomic E-state index is 12.3. The second-order valence-corrected chi connectivity index (χ2v) is 6.22. The third-order valence-corrected chi connectivity index (χ3v) is 4.04. The maximum absolute atomic E-state index is 12.3. The Morgan fingerprint density at radius 1 is 0.786 bits per heavy atom. The number of carbonyl (C=O) groups is 1. The molecule has 0 unspecified atom stereocenters. The van der Waals surface area contributed by atoms with E-state index in [0.717, 1.165) is 11.1 Å². The number of aliphatic hydroxyl groups is 1. The van der Waals surface area contributed by atoms with Gasteiger partial charge < -0.3 is 19.9 Å². The summed E-state index contributed by atoms with van der Waals surface area (Å²) in [7, 11) is 0. The fraction of sp³-hybridized carbons (Fsp3) is 0.174. The molecule has 0 saturated carbocycles. The van der Waals surface area contributed by atoms with Gasteiger partial charge in [0.05, 0.1) is 6.61 Å². The van der Waals surface area contributed by atoms with E-state index in [2.05, 4.69) is 5.32 Å². The summed E-state index contributed by atoms with van der Waals surface area (Å²) in [5, 5.41) is 11.6. The summed E-state index contributed by atoms with van der Waals surface area (Å²) in [5.41, 5.74) is 2.48. The van der Waals surface area contributed by atoms with Crippen LogP contribution >= 0.6 is 0 Å². The summed E-state index contributed by atoms with van der Waals surface area (Å²) in [5.74, 6) is 0.802. The Morgan fingerprint density at radius 2 is 1.29 bits per heavy atom. The molecule has 0 radical (unpaired) electrons. The van der Waals surface area contributed by atoms with Gasteiger partial charge in [0, 0.05) is 18.2 Å². The molecule has 0 saturated heterocycles. The van der Waals surface area contributed by atoms with E-state index in [-0.39, 0.29) is 19.1 Å². The molecule has 0 spiro atoms. The number of aliphatic hydroxyl groups excluding tert-OH is 1. The van der Waals surface area contributed by atoms with E-state index in [9.17, 15) is 4.79 Å². The normalized spacial score (nSPS) is 10.3. The molecule has 3 aromatic carbocycles. The van der Waals surface area contributed by atoms with Gasteiger partial charge in [-0.15, -0.1) is 0 Å². The van der Waals surface area contributed by atoms with E-state index < -0.39 is 0 Å². The Bertz CT molecular complexity index is 820. The van der Waals surface area contributed by atoms with Gasteiger partial charge in [-0.2, -0.15) is 0 Å². The van der Waals surface area contributed by atoms with Gasteiger partial charge in [-0.3, -0.25) is 4.79 Å². The second-order valence-electron chi connectivity index (χ2n) is 6.22. The minimum atomic E-state index is -0.288. The molecule has 0 heterocycles. The van der Waals surface area contributed by atoms with Crippen LogP contribution in [0.1, 0.15) is 21.5 Å². The molecule has 0 aromatic heterocycles. The number of nitrogens with one attached hydrogen (secondary N) is 1. The maximum Gasteiger partial charge on any atom is 0.251 e. The van der Waals surface area contributed by atoms with Crippen LogP contribution in [0.15, 0.2) is 78.9 Å². The quantitative estimate of drug-likeness (QED) is 0.598. The van der Waals surface area contributed by atoms with E-state index in [4.69, 9.17) is 14.6 Å². The lowest BCUT2D eigenvalue weighted by molar-refractivity contribution is 0.0943. The highest BCUT2D eigenvalue weighted by Crippen LogP contribution is 2.25. The molecule has 3 rings (SSSR count). The van der Waals surface area contributed by atoms with Crippen LogP contribution in [0.25, 0.3) is 0 Å². The predicted molar refractivity (Wildman–Crippen MR) is 107 cm³/mol. The molecular formula is C23H23NO4. The standard InChI is InChI=1S/C23H23NO4/c25-12-11-24-23(26)20-13-21(27-16-18-7-3-1-4-8-18)15-22(14-20)28-17-19-9-5-2-6-10-19/h1-10,13-15,25H,11-12,16-17H2,(H,24,26). The third-order valence-electron chi connectivity index (χ3n) is 4.04. The summed E-state index contributed by atoms with van der Waals surface area (Å²) in [6.07, 6.45) is 0. The summed E-state index contributed by atoms with van der Waals surface area (Å²) < 4.78 is 11.7. The van der Waals surface area contributed by atoms with Crippen molar-refractivity contribution < 1.29 is 19.4 Å². The number of hydrogen-bond donors (Lipinski definition) is 2. The molecular weight excluding hydrogens is 354 g/mol. The van der Waals surface area contributed by atoms with Crippen LogP contribution in [0.5, 0.6) is 11.5 Å². The van der Waals surface area contributed by atoms with Crippen LogP contribution in [-0.2, 0) is 13.2 Å². The number of amides is 1. The number of rotatable bonds is 9. The van der Waals surface area contributed by atoms with Gasteiger partial charge in [0.2, 0.25) is 0 Å². The van der Waals surface area contributed by atoms with Crippen molar-refractivity contribution in [2.24, 2.45) is 0 Å². The van der Waals surface area contributed by atoms with E-state index in [1.54, 1.807) is 18.2 Å². The molecule has 144 valence electrons. The van der Waals surface area contributed by atoms with Crippen molar-refractivity contribution in [3.8, 4) is 11.5 Å². The van der Waals surface area contributed by atoms with Gasteiger partial charge in [0.15, 0.2) is 0 Å². The molecule has 1 amide bonds. The molecule has 0 aliphatic heterocycles. The first kappa shape index (κ1) is 19.5. The summed E-state index contributed by atoms with van der Waals surface area (Å²) in [6.45, 7) is 0.850. The molecule has 0 atom stereocenters. The zero-order valence-corrected chi connectivity index (χ0v) is 15.5. The largest absolute Gasteiger partial charge is 0.489 e. The minimum absolute atomic E-state index is 0.118. The number of carbonyl (C=O) groups excluding carboxylic acids is 1. The van der Waals surface area contributed by atoms with Crippen LogP contribution in [-0.4, -0.2) is 24.2 Å². The van der Waals surface area contributed by atoms with Gasteiger partial charge in [-0.1, -0.05) is 60.7 Å². The molecule has 5 nitrogen and oxygen atoms in total. The van der Waals surface area contributed by atoms with Crippen molar-refractivity contribution in [1.29, 1.82) is 0 Å². The monoisotopic (exact) mass is 377 g/mol. The first-order chi connectivity index (χ1) is 13.7. The lowest BCUT2D eigenvalue weighted by Crippen LogP contribution is -2.26. The highest BCUT2D eigenvalue weighted by molar-refractivity contribution is 5.95.